The predicted molar refractivity (Wildman–Crippen MR) is 100 cm³/mol. The van der Waals surface area contributed by atoms with E-state index >= 15 is 0 Å². The number of amides is 1. The number of methoxy groups -OCH3 is 1. The SMILES string of the molecule is COC(=O)c1nc(C(CCCC(C)O)N(C)C(=O)OC(C)(C)C)[nH]c(=O)c1O. The Hall–Kier alpha value is -2.62. The number of aliphatic hydroxyl groups excluding tert-OH is 1. The van der Waals surface area contributed by atoms with Gasteiger partial charge in [0.15, 0.2) is 5.69 Å². The van der Waals surface area contributed by atoms with Gasteiger partial charge >= 0.3 is 12.1 Å². The molecule has 1 aromatic heterocycles. The van der Waals surface area contributed by atoms with Gasteiger partial charge in [-0.2, -0.15) is 0 Å². The highest BCUT2D eigenvalue weighted by Crippen LogP contribution is 2.26. The Labute approximate surface area is 163 Å². The molecule has 0 bridgehead atoms. The molecular formula is C18H29N3O7. The third-order valence-electron chi connectivity index (χ3n) is 3.86. The molecular weight excluding hydrogens is 370 g/mol. The van der Waals surface area contributed by atoms with E-state index in [2.05, 4.69) is 14.7 Å². The van der Waals surface area contributed by atoms with Crippen molar-refractivity contribution in [3.63, 3.8) is 0 Å². The Kier molecular flexibility index (Phi) is 7.98. The molecule has 0 aliphatic heterocycles. The molecule has 0 saturated heterocycles. The van der Waals surface area contributed by atoms with Crippen molar-refractivity contribution in [1.29, 1.82) is 0 Å². The van der Waals surface area contributed by atoms with Gasteiger partial charge in [-0.1, -0.05) is 0 Å². The van der Waals surface area contributed by atoms with Gasteiger partial charge in [0.05, 0.1) is 19.3 Å². The number of ether oxygens (including phenoxy) is 2. The van der Waals surface area contributed by atoms with E-state index < -0.39 is 46.8 Å². The van der Waals surface area contributed by atoms with Crippen molar-refractivity contribution in [1.82, 2.24) is 14.9 Å². The molecule has 1 amide bonds. The fraction of sp³-hybridized carbons (Fsp3) is 0.667. The third-order valence-corrected chi connectivity index (χ3v) is 3.86. The molecule has 10 heteroatoms. The van der Waals surface area contributed by atoms with E-state index in [0.717, 1.165) is 7.11 Å². The van der Waals surface area contributed by atoms with Gasteiger partial charge in [0.25, 0.3) is 5.56 Å². The summed E-state index contributed by atoms with van der Waals surface area (Å²) in [5.74, 6) is -1.84. The van der Waals surface area contributed by atoms with Gasteiger partial charge in [-0.3, -0.25) is 4.79 Å². The first kappa shape index (κ1) is 23.4. The number of H-pyrrole nitrogens is 1. The van der Waals surface area contributed by atoms with Gasteiger partial charge in [-0.15, -0.1) is 0 Å². The molecule has 2 unspecified atom stereocenters. The lowest BCUT2D eigenvalue weighted by atomic mass is 10.1. The smallest absolute Gasteiger partial charge is 0.410 e. The third kappa shape index (κ3) is 6.52. The van der Waals surface area contributed by atoms with Crippen molar-refractivity contribution in [2.45, 2.75) is 64.7 Å². The molecule has 3 N–H and O–H groups in total. The zero-order chi connectivity index (χ0) is 21.6. The minimum absolute atomic E-state index is 0.00199. The number of rotatable bonds is 7. The average Bonchev–Trinajstić information content (AvgIpc) is 2.58. The molecule has 0 aliphatic carbocycles. The van der Waals surface area contributed by atoms with E-state index in [9.17, 15) is 24.6 Å². The van der Waals surface area contributed by atoms with Crippen molar-refractivity contribution in [2.75, 3.05) is 14.2 Å². The molecule has 10 nitrogen and oxygen atoms in total. The molecule has 0 spiro atoms. The zero-order valence-corrected chi connectivity index (χ0v) is 17.1. The van der Waals surface area contributed by atoms with Gasteiger partial charge in [0.1, 0.15) is 11.4 Å². The summed E-state index contributed by atoms with van der Waals surface area (Å²) in [4.78, 5) is 44.0. The summed E-state index contributed by atoms with van der Waals surface area (Å²) in [5.41, 5.74) is -2.20. The fourth-order valence-corrected chi connectivity index (χ4v) is 2.46. The number of esters is 1. The van der Waals surface area contributed by atoms with Crippen molar-refractivity contribution < 1.29 is 29.3 Å². The molecule has 0 fully saturated rings. The maximum atomic E-state index is 12.5. The number of nitrogens with zero attached hydrogens (tertiary/aromatic N) is 2. The van der Waals surface area contributed by atoms with Gasteiger partial charge in [0, 0.05) is 7.05 Å². The second kappa shape index (κ2) is 9.54. The van der Waals surface area contributed by atoms with Crippen LogP contribution in [0, 0.1) is 0 Å². The zero-order valence-electron chi connectivity index (χ0n) is 17.1. The van der Waals surface area contributed by atoms with Gasteiger partial charge < -0.3 is 29.6 Å². The largest absolute Gasteiger partial charge is 0.501 e. The fourth-order valence-electron chi connectivity index (χ4n) is 2.46. The van der Waals surface area contributed by atoms with Gasteiger partial charge in [0.2, 0.25) is 5.75 Å². The Morgan fingerprint density at radius 2 is 1.89 bits per heavy atom. The minimum atomic E-state index is -0.979. The summed E-state index contributed by atoms with van der Waals surface area (Å²) < 4.78 is 9.90. The molecule has 1 heterocycles. The molecule has 0 radical (unpaired) electrons. The van der Waals surface area contributed by atoms with E-state index in [1.807, 2.05) is 0 Å². The lowest BCUT2D eigenvalue weighted by molar-refractivity contribution is 0.0199. The van der Waals surface area contributed by atoms with Crippen LogP contribution in [0.1, 0.15) is 69.3 Å². The number of carbonyl (C=O) groups is 2. The molecule has 158 valence electrons. The highest BCUT2D eigenvalue weighted by Gasteiger charge is 2.30. The van der Waals surface area contributed by atoms with Crippen LogP contribution < -0.4 is 5.56 Å². The first-order chi connectivity index (χ1) is 12.9. The quantitative estimate of drug-likeness (QED) is 0.588. The number of nitrogens with one attached hydrogen (secondary N) is 1. The van der Waals surface area contributed by atoms with Crippen LogP contribution in [0.3, 0.4) is 0 Å². The topological polar surface area (TPSA) is 142 Å². The highest BCUT2D eigenvalue weighted by atomic mass is 16.6. The number of carbonyl (C=O) groups excluding carboxylic acids is 2. The lowest BCUT2D eigenvalue weighted by Gasteiger charge is -2.30. The summed E-state index contributed by atoms with van der Waals surface area (Å²) in [6.07, 6.45) is 0.114. The second-order valence-corrected chi connectivity index (χ2v) is 7.53. The predicted octanol–water partition coefficient (Wildman–Crippen LogP) is 1.72. The van der Waals surface area contributed by atoms with Crippen molar-refractivity contribution in [3.8, 4) is 5.75 Å². The van der Waals surface area contributed by atoms with E-state index in [1.54, 1.807) is 27.7 Å². The molecule has 1 aromatic rings. The average molecular weight is 399 g/mol. The van der Waals surface area contributed by atoms with Crippen LogP contribution in [0.5, 0.6) is 5.75 Å². The van der Waals surface area contributed by atoms with E-state index in [0.29, 0.717) is 19.3 Å². The van der Waals surface area contributed by atoms with Crippen LogP contribution in [-0.4, -0.2) is 63.0 Å². The Morgan fingerprint density at radius 1 is 1.29 bits per heavy atom. The van der Waals surface area contributed by atoms with E-state index in [4.69, 9.17) is 4.74 Å². The van der Waals surface area contributed by atoms with E-state index in [1.165, 1.54) is 11.9 Å². The maximum Gasteiger partial charge on any atom is 0.410 e. The van der Waals surface area contributed by atoms with Crippen LogP contribution in [0.25, 0.3) is 0 Å². The van der Waals surface area contributed by atoms with Gasteiger partial charge in [-0.05, 0) is 47.0 Å². The first-order valence-corrected chi connectivity index (χ1v) is 8.92. The second-order valence-electron chi connectivity index (χ2n) is 7.53. The standard InChI is InChI=1S/C18H29N3O7/c1-10(22)8-7-9-11(21(5)17(26)28-18(2,3)4)14-19-12(16(25)27-6)13(23)15(24)20-14/h10-11,22-23H,7-9H2,1-6H3,(H,19,20,24). The summed E-state index contributed by atoms with van der Waals surface area (Å²) in [6, 6.07) is -0.759. The molecule has 0 saturated carbocycles. The normalized spacial score (nSPS) is 13.5. The van der Waals surface area contributed by atoms with E-state index in [-0.39, 0.29) is 5.82 Å². The molecule has 28 heavy (non-hydrogen) atoms. The minimum Gasteiger partial charge on any atom is -0.501 e. The van der Waals surface area contributed by atoms with Crippen LogP contribution in [0.4, 0.5) is 4.79 Å². The highest BCUT2D eigenvalue weighted by molar-refractivity contribution is 5.89. The summed E-state index contributed by atoms with van der Waals surface area (Å²) in [6.45, 7) is 6.80. The van der Waals surface area contributed by atoms with Crippen molar-refractivity contribution >= 4 is 12.1 Å². The summed E-state index contributed by atoms with van der Waals surface area (Å²) in [7, 11) is 2.57. The molecule has 0 aromatic carbocycles. The molecule has 1 rings (SSSR count). The Morgan fingerprint density at radius 3 is 2.39 bits per heavy atom. The number of hydrogen-bond acceptors (Lipinski definition) is 8. The number of aromatic nitrogens is 2. The first-order valence-electron chi connectivity index (χ1n) is 8.92. The van der Waals surface area contributed by atoms with Gasteiger partial charge in [-0.25, -0.2) is 14.6 Å². The molecule has 0 aliphatic rings. The molecule has 2 atom stereocenters. The van der Waals surface area contributed by atoms with Crippen molar-refractivity contribution in [3.05, 3.63) is 21.9 Å². The van der Waals surface area contributed by atoms with Crippen LogP contribution >= 0.6 is 0 Å². The van der Waals surface area contributed by atoms with Crippen LogP contribution in [-0.2, 0) is 9.47 Å². The summed E-state index contributed by atoms with van der Waals surface area (Å²) in [5, 5.41) is 19.3. The maximum absolute atomic E-state index is 12.5. The Bertz CT molecular complexity index is 753. The number of aliphatic hydroxyl groups is 1. The number of hydrogen-bond donors (Lipinski definition) is 3. The van der Waals surface area contributed by atoms with Crippen LogP contribution in [0.2, 0.25) is 0 Å². The van der Waals surface area contributed by atoms with Crippen LogP contribution in [0.15, 0.2) is 4.79 Å². The van der Waals surface area contributed by atoms with Crippen molar-refractivity contribution in [2.24, 2.45) is 0 Å². The Balaban J connectivity index is 3.31. The number of aromatic hydroxyl groups is 1. The number of aromatic amines is 1. The lowest BCUT2D eigenvalue weighted by Crippen LogP contribution is -2.38. The summed E-state index contributed by atoms with van der Waals surface area (Å²) >= 11 is 0. The monoisotopic (exact) mass is 399 g/mol.